The van der Waals surface area contributed by atoms with Crippen LogP contribution in [0, 0.1) is 0 Å². The maximum absolute atomic E-state index is 13.2. The lowest BCUT2D eigenvalue weighted by Crippen LogP contribution is -2.07. The monoisotopic (exact) mass is 548 g/mol. The number of para-hydroxylation sites is 2. The van der Waals surface area contributed by atoms with Crippen molar-refractivity contribution in [1.29, 1.82) is 0 Å². The van der Waals surface area contributed by atoms with Crippen LogP contribution in [0.15, 0.2) is 143 Å². The van der Waals surface area contributed by atoms with Gasteiger partial charge >= 0.3 is 0 Å². The smallest absolute Gasteiger partial charge is 0.190 e. The molecule has 0 saturated carbocycles. The summed E-state index contributed by atoms with van der Waals surface area (Å²) in [5.74, 6) is 2.89. The fraction of sp³-hybridized carbons (Fsp3) is 0. The first-order chi connectivity index (χ1) is 20.6. The van der Waals surface area contributed by atoms with Crippen LogP contribution in [-0.4, -0.2) is 9.97 Å². The van der Waals surface area contributed by atoms with Crippen molar-refractivity contribution in [2.45, 2.75) is 0 Å². The van der Waals surface area contributed by atoms with Gasteiger partial charge in [0.2, 0.25) is 0 Å². The molecule has 42 heavy (non-hydrogen) atoms. The normalized spacial score (nSPS) is 11.0. The van der Waals surface area contributed by atoms with Crippen molar-refractivity contribution in [3.63, 3.8) is 0 Å². The number of benzene rings is 5. The SMILES string of the molecule is O=c1cc(-c2ccc(Oc3ccccc3)cc2)[nH]c2cc3c(=O)cc(-c4ccc(Oc5ccccc5)cc4)[nH]c3cc12. The summed E-state index contributed by atoms with van der Waals surface area (Å²) in [4.78, 5) is 33.1. The van der Waals surface area contributed by atoms with Gasteiger partial charge in [0.15, 0.2) is 10.9 Å². The van der Waals surface area contributed by atoms with E-state index in [0.717, 1.165) is 22.6 Å². The fourth-order valence-electron chi connectivity index (χ4n) is 4.96. The first-order valence-corrected chi connectivity index (χ1v) is 13.5. The van der Waals surface area contributed by atoms with Gasteiger partial charge in [0.05, 0.1) is 11.0 Å². The topological polar surface area (TPSA) is 84.2 Å². The molecular formula is C36H24N2O4. The fourth-order valence-corrected chi connectivity index (χ4v) is 4.96. The maximum Gasteiger partial charge on any atom is 0.190 e. The second-order valence-electron chi connectivity index (χ2n) is 9.92. The van der Waals surface area contributed by atoms with Crippen molar-refractivity contribution in [2.24, 2.45) is 0 Å². The van der Waals surface area contributed by atoms with E-state index in [1.165, 1.54) is 0 Å². The lowest BCUT2D eigenvalue weighted by atomic mass is 10.1. The van der Waals surface area contributed by atoms with Gasteiger partial charge in [0.25, 0.3) is 0 Å². The summed E-state index contributed by atoms with van der Waals surface area (Å²) < 4.78 is 11.8. The summed E-state index contributed by atoms with van der Waals surface area (Å²) in [6, 6.07) is 40.7. The molecule has 2 heterocycles. The van der Waals surface area contributed by atoms with Gasteiger partial charge in [-0.3, -0.25) is 9.59 Å². The van der Waals surface area contributed by atoms with Crippen molar-refractivity contribution >= 4 is 21.8 Å². The Morgan fingerprint density at radius 1 is 0.405 bits per heavy atom. The first-order valence-electron chi connectivity index (χ1n) is 13.5. The second-order valence-corrected chi connectivity index (χ2v) is 9.92. The highest BCUT2D eigenvalue weighted by atomic mass is 16.5. The van der Waals surface area contributed by atoms with Crippen LogP contribution in [0.5, 0.6) is 23.0 Å². The zero-order valence-electron chi connectivity index (χ0n) is 22.3. The highest BCUT2D eigenvalue weighted by Gasteiger charge is 2.11. The van der Waals surface area contributed by atoms with E-state index in [-0.39, 0.29) is 10.9 Å². The van der Waals surface area contributed by atoms with E-state index < -0.39 is 0 Å². The average molecular weight is 549 g/mol. The molecule has 7 rings (SSSR count). The van der Waals surface area contributed by atoms with E-state index in [9.17, 15) is 9.59 Å². The summed E-state index contributed by atoms with van der Waals surface area (Å²) in [5, 5.41) is 0.990. The van der Waals surface area contributed by atoms with Gasteiger partial charge in [-0.05, 0) is 96.1 Å². The number of fused-ring (bicyclic) bond motifs is 2. The molecule has 0 aliphatic rings. The highest BCUT2D eigenvalue weighted by Crippen LogP contribution is 2.28. The Hall–Kier alpha value is -5.88. The zero-order valence-corrected chi connectivity index (χ0v) is 22.3. The zero-order chi connectivity index (χ0) is 28.5. The van der Waals surface area contributed by atoms with Crippen LogP contribution in [-0.2, 0) is 0 Å². The van der Waals surface area contributed by atoms with Gasteiger partial charge in [0.1, 0.15) is 23.0 Å². The molecule has 202 valence electrons. The number of pyridine rings is 2. The number of aromatic amines is 2. The van der Waals surface area contributed by atoms with Crippen LogP contribution in [0.2, 0.25) is 0 Å². The molecule has 0 saturated heterocycles. The molecule has 0 aliphatic carbocycles. The maximum atomic E-state index is 13.2. The summed E-state index contributed by atoms with van der Waals surface area (Å²) in [6.07, 6.45) is 0. The molecule has 7 aromatic rings. The predicted octanol–water partition coefficient (Wildman–Crippen LogP) is 8.29. The molecule has 0 aliphatic heterocycles. The summed E-state index contributed by atoms with van der Waals surface area (Å²) >= 11 is 0. The van der Waals surface area contributed by atoms with Crippen molar-refractivity contribution in [3.05, 3.63) is 154 Å². The molecule has 6 nitrogen and oxygen atoms in total. The molecule has 0 bridgehead atoms. The number of hydrogen-bond acceptors (Lipinski definition) is 4. The van der Waals surface area contributed by atoms with Crippen molar-refractivity contribution in [3.8, 4) is 45.5 Å². The van der Waals surface area contributed by atoms with Gasteiger partial charge in [-0.2, -0.15) is 0 Å². The molecule has 2 N–H and O–H groups in total. The van der Waals surface area contributed by atoms with Crippen LogP contribution < -0.4 is 20.3 Å². The largest absolute Gasteiger partial charge is 0.457 e. The number of ether oxygens (including phenoxy) is 2. The molecule has 0 fully saturated rings. The Kier molecular flexibility index (Phi) is 6.33. The number of H-pyrrole nitrogens is 2. The molecule has 0 unspecified atom stereocenters. The lowest BCUT2D eigenvalue weighted by Gasteiger charge is -2.10. The number of aromatic nitrogens is 2. The Balaban J connectivity index is 1.19. The van der Waals surface area contributed by atoms with Crippen molar-refractivity contribution in [2.75, 3.05) is 0 Å². The van der Waals surface area contributed by atoms with Crippen molar-refractivity contribution in [1.82, 2.24) is 9.97 Å². The minimum Gasteiger partial charge on any atom is -0.457 e. The Bertz CT molecular complexity index is 1990. The van der Waals surface area contributed by atoms with E-state index in [0.29, 0.717) is 44.7 Å². The minimum atomic E-state index is -0.140. The molecule has 0 atom stereocenters. The average Bonchev–Trinajstić information content (AvgIpc) is 3.02. The minimum absolute atomic E-state index is 0.140. The van der Waals surface area contributed by atoms with E-state index in [1.54, 1.807) is 24.3 Å². The Labute approximate surface area is 240 Å². The second kappa shape index (κ2) is 10.6. The van der Waals surface area contributed by atoms with E-state index in [2.05, 4.69) is 9.97 Å². The number of nitrogens with one attached hydrogen (secondary N) is 2. The van der Waals surface area contributed by atoms with Gasteiger partial charge in [-0.25, -0.2) is 0 Å². The Morgan fingerprint density at radius 3 is 1.14 bits per heavy atom. The standard InChI is InChI=1S/C36H24N2O4/c39-35-21-31(23-11-15-27(16-12-23)41-25-7-3-1-4-8-25)37-33-19-30-34(20-29(33)35)38-32(22-36(30)40)24-13-17-28(18-14-24)42-26-9-5-2-6-10-26/h1-22H,(H,37,39)(H,38,40). The van der Waals surface area contributed by atoms with Crippen LogP contribution in [0.25, 0.3) is 44.3 Å². The molecule has 2 aromatic heterocycles. The highest BCUT2D eigenvalue weighted by molar-refractivity contribution is 5.96. The third-order valence-corrected chi connectivity index (χ3v) is 7.07. The Morgan fingerprint density at radius 2 is 0.762 bits per heavy atom. The van der Waals surface area contributed by atoms with Crippen LogP contribution >= 0.6 is 0 Å². The van der Waals surface area contributed by atoms with Crippen LogP contribution in [0.4, 0.5) is 0 Å². The summed E-state index contributed by atoms with van der Waals surface area (Å²) in [6.45, 7) is 0. The molecule has 0 amide bonds. The summed E-state index contributed by atoms with van der Waals surface area (Å²) in [5.41, 5.74) is 3.88. The molecule has 0 spiro atoms. The lowest BCUT2D eigenvalue weighted by molar-refractivity contribution is 0.482. The van der Waals surface area contributed by atoms with Gasteiger partial charge < -0.3 is 19.4 Å². The molecule has 5 aromatic carbocycles. The third kappa shape index (κ3) is 5.05. The number of rotatable bonds is 6. The van der Waals surface area contributed by atoms with Crippen molar-refractivity contribution < 1.29 is 9.47 Å². The molecule has 0 radical (unpaired) electrons. The van der Waals surface area contributed by atoms with E-state index >= 15 is 0 Å². The van der Waals surface area contributed by atoms with Crippen LogP contribution in [0.1, 0.15) is 0 Å². The first kappa shape index (κ1) is 25.1. The third-order valence-electron chi connectivity index (χ3n) is 7.07. The molecular weight excluding hydrogens is 524 g/mol. The number of hydrogen-bond donors (Lipinski definition) is 2. The quantitative estimate of drug-likeness (QED) is 0.205. The predicted molar refractivity (Wildman–Crippen MR) is 167 cm³/mol. The van der Waals surface area contributed by atoms with E-state index in [1.807, 2.05) is 109 Å². The van der Waals surface area contributed by atoms with Gasteiger partial charge in [-0.1, -0.05) is 36.4 Å². The molecule has 6 heteroatoms. The van der Waals surface area contributed by atoms with E-state index in [4.69, 9.17) is 9.47 Å². The van der Waals surface area contributed by atoms with Gasteiger partial charge in [0, 0.05) is 34.3 Å². The van der Waals surface area contributed by atoms with Gasteiger partial charge in [-0.15, -0.1) is 0 Å². The van der Waals surface area contributed by atoms with Crippen LogP contribution in [0.3, 0.4) is 0 Å². The summed E-state index contributed by atoms with van der Waals surface area (Å²) in [7, 11) is 0.